The van der Waals surface area contributed by atoms with E-state index >= 15 is 0 Å². The van der Waals surface area contributed by atoms with Crippen molar-refractivity contribution >= 4 is 0 Å². The molecule has 0 aromatic carbocycles. The molecule has 92 valence electrons. The molecule has 0 aliphatic heterocycles. The zero-order valence-corrected chi connectivity index (χ0v) is 11.0. The average molecular weight is 216 g/mol. The summed E-state index contributed by atoms with van der Waals surface area (Å²) >= 11 is 0. The zero-order chi connectivity index (χ0) is 11.7. The summed E-state index contributed by atoms with van der Waals surface area (Å²) in [6.45, 7) is 14.0. The minimum absolute atomic E-state index is 0.503. The minimum atomic E-state index is 0.503. The summed E-state index contributed by atoms with van der Waals surface area (Å²) in [6, 6.07) is 0.503. The Bertz CT molecular complexity index is 136. The summed E-state index contributed by atoms with van der Waals surface area (Å²) in [5, 5.41) is 3.50. The van der Waals surface area contributed by atoms with Crippen LogP contribution >= 0.6 is 0 Å². The molecule has 0 bridgehead atoms. The summed E-state index contributed by atoms with van der Waals surface area (Å²) in [5.74, 6) is 0.713. The molecular formula is C12H28N2O. The van der Waals surface area contributed by atoms with Crippen LogP contribution in [0.2, 0.25) is 0 Å². The van der Waals surface area contributed by atoms with Gasteiger partial charge in [-0.3, -0.25) is 4.90 Å². The second-order valence-electron chi connectivity index (χ2n) is 4.38. The average Bonchev–Trinajstić information content (AvgIpc) is 2.19. The monoisotopic (exact) mass is 216 g/mol. The van der Waals surface area contributed by atoms with E-state index in [1.54, 1.807) is 7.11 Å². The maximum atomic E-state index is 5.26. The van der Waals surface area contributed by atoms with Crippen molar-refractivity contribution in [3.63, 3.8) is 0 Å². The van der Waals surface area contributed by atoms with Crippen LogP contribution in [-0.2, 0) is 4.74 Å². The Balaban J connectivity index is 3.91. The summed E-state index contributed by atoms with van der Waals surface area (Å²) in [6.07, 6.45) is 0. The lowest BCUT2D eigenvalue weighted by Crippen LogP contribution is -2.45. The fourth-order valence-corrected chi connectivity index (χ4v) is 1.76. The maximum absolute atomic E-state index is 5.26. The van der Waals surface area contributed by atoms with Crippen molar-refractivity contribution < 1.29 is 4.74 Å². The Morgan fingerprint density at radius 3 is 2.13 bits per heavy atom. The van der Waals surface area contributed by atoms with E-state index in [2.05, 4.69) is 37.9 Å². The summed E-state index contributed by atoms with van der Waals surface area (Å²) in [7, 11) is 1.78. The van der Waals surface area contributed by atoms with Crippen LogP contribution in [0.15, 0.2) is 0 Å². The van der Waals surface area contributed by atoms with Crippen molar-refractivity contribution in [2.24, 2.45) is 5.92 Å². The predicted molar refractivity (Wildman–Crippen MR) is 66.3 cm³/mol. The summed E-state index contributed by atoms with van der Waals surface area (Å²) < 4.78 is 5.26. The van der Waals surface area contributed by atoms with Gasteiger partial charge in [-0.25, -0.2) is 0 Å². The number of hydrogen-bond acceptors (Lipinski definition) is 3. The summed E-state index contributed by atoms with van der Waals surface area (Å²) in [5.41, 5.74) is 0. The summed E-state index contributed by atoms with van der Waals surface area (Å²) in [4.78, 5) is 2.44. The number of likely N-dealkylation sites (N-methyl/N-ethyl adjacent to an activating group) is 1. The quantitative estimate of drug-likeness (QED) is 0.633. The molecule has 3 heteroatoms. The maximum Gasteiger partial charge on any atom is 0.0630 e. The fourth-order valence-electron chi connectivity index (χ4n) is 1.76. The second-order valence-corrected chi connectivity index (χ2v) is 4.38. The van der Waals surface area contributed by atoms with E-state index in [4.69, 9.17) is 4.74 Å². The van der Waals surface area contributed by atoms with Gasteiger partial charge < -0.3 is 10.1 Å². The molecule has 0 aromatic heterocycles. The number of methoxy groups -OCH3 is 1. The van der Waals surface area contributed by atoms with Crippen molar-refractivity contribution in [2.45, 2.75) is 33.7 Å². The Kier molecular flexibility index (Phi) is 9.06. The highest BCUT2D eigenvalue weighted by Crippen LogP contribution is 1.99. The molecule has 0 aliphatic carbocycles. The zero-order valence-electron chi connectivity index (χ0n) is 11.0. The van der Waals surface area contributed by atoms with Gasteiger partial charge in [0.2, 0.25) is 0 Å². The van der Waals surface area contributed by atoms with E-state index in [1.807, 2.05) is 0 Å². The Hall–Kier alpha value is -0.120. The van der Waals surface area contributed by atoms with Gasteiger partial charge in [-0.15, -0.1) is 0 Å². The predicted octanol–water partition coefficient (Wildman–Crippen LogP) is 1.59. The number of rotatable bonds is 9. The highest BCUT2D eigenvalue weighted by atomic mass is 16.5. The first-order valence-electron chi connectivity index (χ1n) is 6.09. The third-order valence-electron chi connectivity index (χ3n) is 2.62. The van der Waals surface area contributed by atoms with Gasteiger partial charge in [-0.05, 0) is 25.6 Å². The first kappa shape index (κ1) is 14.9. The van der Waals surface area contributed by atoms with Crippen molar-refractivity contribution in [1.29, 1.82) is 0 Å². The molecule has 0 aromatic rings. The van der Waals surface area contributed by atoms with E-state index in [1.165, 1.54) is 0 Å². The van der Waals surface area contributed by atoms with Crippen molar-refractivity contribution in [1.82, 2.24) is 10.2 Å². The van der Waals surface area contributed by atoms with Crippen molar-refractivity contribution in [2.75, 3.05) is 39.9 Å². The van der Waals surface area contributed by atoms with E-state index in [0.29, 0.717) is 12.0 Å². The Morgan fingerprint density at radius 1 is 1.13 bits per heavy atom. The molecule has 0 rings (SSSR count). The standard InChI is InChI=1S/C12H28N2O/c1-6-14(7-2)12(10-15-5)9-13-8-11(3)4/h11-13H,6-10H2,1-5H3. The van der Waals surface area contributed by atoms with E-state index in [-0.39, 0.29) is 0 Å². The van der Waals surface area contributed by atoms with Gasteiger partial charge in [0.15, 0.2) is 0 Å². The molecule has 3 nitrogen and oxygen atoms in total. The number of nitrogens with zero attached hydrogens (tertiary/aromatic N) is 1. The molecule has 0 amide bonds. The van der Waals surface area contributed by atoms with Crippen LogP contribution in [0, 0.1) is 5.92 Å². The van der Waals surface area contributed by atoms with E-state index < -0.39 is 0 Å². The largest absolute Gasteiger partial charge is 0.383 e. The van der Waals surface area contributed by atoms with Crippen LogP contribution in [0.3, 0.4) is 0 Å². The first-order valence-corrected chi connectivity index (χ1v) is 6.09. The molecule has 0 fully saturated rings. The molecule has 15 heavy (non-hydrogen) atoms. The Morgan fingerprint density at radius 2 is 1.73 bits per heavy atom. The number of hydrogen-bond donors (Lipinski definition) is 1. The van der Waals surface area contributed by atoms with Gasteiger partial charge in [0, 0.05) is 19.7 Å². The van der Waals surface area contributed by atoms with Gasteiger partial charge in [0.1, 0.15) is 0 Å². The molecule has 0 aliphatic rings. The van der Waals surface area contributed by atoms with Crippen LogP contribution in [0.1, 0.15) is 27.7 Å². The Labute approximate surface area is 95.2 Å². The lowest BCUT2D eigenvalue weighted by atomic mass is 10.2. The van der Waals surface area contributed by atoms with Crippen LogP contribution < -0.4 is 5.32 Å². The van der Waals surface area contributed by atoms with Crippen molar-refractivity contribution in [3.05, 3.63) is 0 Å². The minimum Gasteiger partial charge on any atom is -0.383 e. The lowest BCUT2D eigenvalue weighted by Gasteiger charge is -2.29. The molecule has 0 spiro atoms. The highest BCUT2D eigenvalue weighted by molar-refractivity contribution is 4.72. The van der Waals surface area contributed by atoms with Crippen LogP contribution in [0.4, 0.5) is 0 Å². The first-order chi connectivity index (χ1) is 7.15. The molecule has 1 atom stereocenters. The second kappa shape index (κ2) is 9.13. The van der Waals surface area contributed by atoms with Gasteiger partial charge in [0.25, 0.3) is 0 Å². The third-order valence-corrected chi connectivity index (χ3v) is 2.62. The molecule has 0 heterocycles. The van der Waals surface area contributed by atoms with Crippen molar-refractivity contribution in [3.8, 4) is 0 Å². The molecule has 0 saturated heterocycles. The lowest BCUT2D eigenvalue weighted by molar-refractivity contribution is 0.0954. The van der Waals surface area contributed by atoms with Crippen LogP contribution in [-0.4, -0.2) is 50.8 Å². The SMILES string of the molecule is CCN(CC)C(CNCC(C)C)COC. The number of ether oxygens (including phenoxy) is 1. The van der Waals surface area contributed by atoms with Gasteiger partial charge >= 0.3 is 0 Å². The van der Waals surface area contributed by atoms with Gasteiger partial charge in [-0.1, -0.05) is 27.7 Å². The number of nitrogens with one attached hydrogen (secondary N) is 1. The normalized spacial score (nSPS) is 13.8. The molecule has 0 radical (unpaired) electrons. The third kappa shape index (κ3) is 6.88. The van der Waals surface area contributed by atoms with Gasteiger partial charge in [-0.2, -0.15) is 0 Å². The topological polar surface area (TPSA) is 24.5 Å². The van der Waals surface area contributed by atoms with Gasteiger partial charge in [0.05, 0.1) is 6.61 Å². The van der Waals surface area contributed by atoms with Crippen LogP contribution in [0.5, 0.6) is 0 Å². The van der Waals surface area contributed by atoms with E-state index in [9.17, 15) is 0 Å². The molecule has 0 saturated carbocycles. The van der Waals surface area contributed by atoms with E-state index in [0.717, 1.165) is 32.8 Å². The molecule has 1 N–H and O–H groups in total. The highest BCUT2D eigenvalue weighted by Gasteiger charge is 2.14. The molecular weight excluding hydrogens is 188 g/mol. The smallest absolute Gasteiger partial charge is 0.0630 e. The van der Waals surface area contributed by atoms with Crippen LogP contribution in [0.25, 0.3) is 0 Å². The fraction of sp³-hybridized carbons (Fsp3) is 1.00. The molecule has 1 unspecified atom stereocenters.